The Kier molecular flexibility index (Phi) is 12.4. The second-order valence-corrected chi connectivity index (χ2v) is 16.8. The Bertz CT molecular complexity index is 1420. The SMILES string of the molecule is COc1ccc(CC(Cc2ccc(OC)cc2)N2C(=O)[C@H]([C@@H](C)OC(=O)OCc3ccccc3)[C@@H]2[C@](C)(CO[SiH](C)C)C(C)(C)C)cc1. The largest absolute Gasteiger partial charge is 0.508 e. The minimum absolute atomic E-state index is 0.0346. The van der Waals surface area contributed by atoms with Gasteiger partial charge in [0.1, 0.15) is 24.2 Å². The van der Waals surface area contributed by atoms with E-state index >= 15 is 0 Å². The summed E-state index contributed by atoms with van der Waals surface area (Å²) >= 11 is 0. The normalized spacial score (nSPS) is 18.2. The summed E-state index contributed by atoms with van der Waals surface area (Å²) in [5.41, 5.74) is 2.34. The topological polar surface area (TPSA) is 83.5 Å². The zero-order valence-corrected chi connectivity index (χ0v) is 31.2. The lowest BCUT2D eigenvalue weighted by molar-refractivity contribution is -0.195. The van der Waals surface area contributed by atoms with Crippen LogP contribution in [0.5, 0.6) is 11.5 Å². The molecule has 8 nitrogen and oxygen atoms in total. The molecule has 0 unspecified atom stereocenters. The van der Waals surface area contributed by atoms with Gasteiger partial charge in [0.05, 0.1) is 26.2 Å². The summed E-state index contributed by atoms with van der Waals surface area (Å²) in [5, 5.41) is 0. The van der Waals surface area contributed by atoms with Crippen molar-refractivity contribution in [1.82, 2.24) is 4.90 Å². The molecule has 4 atom stereocenters. The molecule has 0 radical (unpaired) electrons. The quantitative estimate of drug-likeness (QED) is 0.0939. The number of likely N-dealkylation sites (tertiary alicyclic amines) is 1. The summed E-state index contributed by atoms with van der Waals surface area (Å²) in [5.74, 6) is 0.963. The van der Waals surface area contributed by atoms with Crippen LogP contribution in [0, 0.1) is 16.7 Å². The Labute approximate surface area is 288 Å². The van der Waals surface area contributed by atoms with E-state index in [1.165, 1.54) is 0 Å². The average molecular weight is 676 g/mol. The van der Waals surface area contributed by atoms with Crippen molar-refractivity contribution in [2.45, 2.75) is 85.3 Å². The molecule has 1 saturated heterocycles. The van der Waals surface area contributed by atoms with E-state index < -0.39 is 32.6 Å². The fraction of sp³-hybridized carbons (Fsp3) is 0.487. The molecule has 1 amide bonds. The van der Waals surface area contributed by atoms with E-state index in [1.54, 1.807) is 21.1 Å². The number of amides is 1. The number of ether oxygens (including phenoxy) is 4. The highest BCUT2D eigenvalue weighted by molar-refractivity contribution is 6.48. The molecular weight excluding hydrogens is 623 g/mol. The lowest BCUT2D eigenvalue weighted by Gasteiger charge is -2.62. The maximum atomic E-state index is 14.5. The molecule has 1 fully saturated rings. The van der Waals surface area contributed by atoms with Crippen molar-refractivity contribution in [3.8, 4) is 11.5 Å². The molecule has 4 rings (SSSR count). The second kappa shape index (κ2) is 16.1. The fourth-order valence-corrected chi connectivity index (χ4v) is 7.18. The van der Waals surface area contributed by atoms with Crippen LogP contribution >= 0.6 is 0 Å². The zero-order chi connectivity index (χ0) is 35.1. The lowest BCUT2D eigenvalue weighted by Crippen LogP contribution is -2.75. The van der Waals surface area contributed by atoms with Gasteiger partial charge >= 0.3 is 6.16 Å². The summed E-state index contributed by atoms with van der Waals surface area (Å²) < 4.78 is 28.6. The number of β-lactam (4-membered cyclic amide) rings is 1. The third-order valence-electron chi connectivity index (χ3n) is 9.90. The Morgan fingerprint density at radius 3 is 1.79 bits per heavy atom. The molecule has 3 aromatic rings. The van der Waals surface area contributed by atoms with Gasteiger partial charge in [0.2, 0.25) is 5.91 Å². The molecule has 3 aromatic carbocycles. The maximum Gasteiger partial charge on any atom is 0.508 e. The van der Waals surface area contributed by atoms with Crippen molar-refractivity contribution >= 4 is 21.1 Å². The van der Waals surface area contributed by atoms with E-state index in [9.17, 15) is 9.59 Å². The zero-order valence-electron chi connectivity index (χ0n) is 30.0. The Balaban J connectivity index is 1.70. The van der Waals surface area contributed by atoms with E-state index in [-0.39, 0.29) is 30.0 Å². The number of hydrogen-bond donors (Lipinski definition) is 0. The number of hydrogen-bond acceptors (Lipinski definition) is 7. The monoisotopic (exact) mass is 675 g/mol. The molecule has 0 spiro atoms. The smallest absolute Gasteiger partial charge is 0.497 e. The summed E-state index contributed by atoms with van der Waals surface area (Å²) in [7, 11) is 1.91. The van der Waals surface area contributed by atoms with Gasteiger partial charge in [0.15, 0.2) is 9.04 Å². The maximum absolute atomic E-state index is 14.5. The van der Waals surface area contributed by atoms with Crippen molar-refractivity contribution in [3.63, 3.8) is 0 Å². The number of rotatable bonds is 15. The van der Waals surface area contributed by atoms with Crippen molar-refractivity contribution in [2.24, 2.45) is 16.7 Å². The number of carbonyl (C=O) groups excluding carboxylic acids is 2. The second-order valence-electron chi connectivity index (χ2n) is 14.3. The van der Waals surface area contributed by atoms with Crippen LogP contribution in [0.1, 0.15) is 51.3 Å². The van der Waals surface area contributed by atoms with Gasteiger partial charge in [-0.15, -0.1) is 0 Å². The van der Waals surface area contributed by atoms with Crippen LogP contribution in [0.15, 0.2) is 78.9 Å². The molecule has 1 aliphatic rings. The predicted molar refractivity (Wildman–Crippen MR) is 191 cm³/mol. The van der Waals surface area contributed by atoms with E-state index in [0.717, 1.165) is 28.2 Å². The summed E-state index contributed by atoms with van der Waals surface area (Å²) in [6.45, 7) is 15.6. The molecule has 0 aromatic heterocycles. The van der Waals surface area contributed by atoms with Gasteiger partial charge in [-0.25, -0.2) is 4.79 Å². The van der Waals surface area contributed by atoms with Gasteiger partial charge in [0.25, 0.3) is 0 Å². The van der Waals surface area contributed by atoms with Crippen LogP contribution in [0.25, 0.3) is 0 Å². The third-order valence-corrected chi connectivity index (χ3v) is 10.7. The minimum Gasteiger partial charge on any atom is -0.497 e. The highest BCUT2D eigenvalue weighted by Crippen LogP contribution is 2.52. The molecule has 9 heteroatoms. The average Bonchev–Trinajstić information content (AvgIpc) is 3.05. The summed E-state index contributed by atoms with van der Waals surface area (Å²) in [4.78, 5) is 29.5. The molecule has 0 aliphatic carbocycles. The van der Waals surface area contributed by atoms with Crippen molar-refractivity contribution < 1.29 is 33.0 Å². The van der Waals surface area contributed by atoms with Crippen LogP contribution < -0.4 is 9.47 Å². The number of carbonyl (C=O) groups is 2. The highest BCUT2D eigenvalue weighted by atomic mass is 28.3. The summed E-state index contributed by atoms with van der Waals surface area (Å²) in [6.07, 6.45) is -0.214. The van der Waals surface area contributed by atoms with Crippen LogP contribution in [0.2, 0.25) is 13.1 Å². The van der Waals surface area contributed by atoms with Gasteiger partial charge in [-0.3, -0.25) is 4.79 Å². The standard InChI is InChI=1S/C39H53NO7Si/c1-27(47-37(42)45-25-30-13-11-10-12-14-30)34-35(39(5,38(2,3)4)26-46-48(8)9)40(36(34)41)31(23-28-15-19-32(43-6)20-16-28)24-29-17-21-33(44-7)22-18-29/h10-22,27,31,34-35,48H,23-26H2,1-9H3/t27-,34-,35-,39+/m1/s1. The Morgan fingerprint density at radius 2 is 1.33 bits per heavy atom. The van der Waals surface area contributed by atoms with Crippen LogP contribution in [0.4, 0.5) is 4.79 Å². The molecule has 48 heavy (non-hydrogen) atoms. The molecule has 0 N–H and O–H groups in total. The van der Waals surface area contributed by atoms with Gasteiger partial charge < -0.3 is 28.3 Å². The van der Waals surface area contributed by atoms with Crippen LogP contribution in [-0.4, -0.2) is 65.0 Å². The predicted octanol–water partition coefficient (Wildman–Crippen LogP) is 7.48. The van der Waals surface area contributed by atoms with Gasteiger partial charge in [-0.2, -0.15) is 0 Å². The number of nitrogens with zero attached hydrogens (tertiary/aromatic N) is 1. The molecule has 0 saturated carbocycles. The third kappa shape index (κ3) is 8.79. The first kappa shape index (κ1) is 37.0. The molecule has 1 aliphatic heterocycles. The van der Waals surface area contributed by atoms with Crippen molar-refractivity contribution in [1.29, 1.82) is 0 Å². The lowest BCUT2D eigenvalue weighted by atomic mass is 9.56. The minimum atomic E-state index is -1.40. The van der Waals surface area contributed by atoms with Gasteiger partial charge in [0, 0.05) is 18.1 Å². The van der Waals surface area contributed by atoms with E-state index in [4.69, 9.17) is 23.4 Å². The van der Waals surface area contributed by atoms with Crippen molar-refractivity contribution in [3.05, 3.63) is 95.6 Å². The van der Waals surface area contributed by atoms with E-state index in [1.807, 2.05) is 54.6 Å². The first-order valence-corrected chi connectivity index (χ1v) is 19.6. The van der Waals surface area contributed by atoms with Crippen LogP contribution in [-0.2, 0) is 38.1 Å². The van der Waals surface area contributed by atoms with Crippen molar-refractivity contribution in [2.75, 3.05) is 20.8 Å². The van der Waals surface area contributed by atoms with Gasteiger partial charge in [-0.1, -0.05) is 82.3 Å². The Morgan fingerprint density at radius 1 is 0.812 bits per heavy atom. The van der Waals surface area contributed by atoms with Crippen LogP contribution in [0.3, 0.4) is 0 Å². The first-order chi connectivity index (χ1) is 22.8. The Hall–Kier alpha value is -3.82. The summed E-state index contributed by atoms with van der Waals surface area (Å²) in [6, 6.07) is 25.1. The molecule has 260 valence electrons. The van der Waals surface area contributed by atoms with Gasteiger partial charge in [-0.05, 0) is 79.2 Å². The molecule has 1 heterocycles. The van der Waals surface area contributed by atoms with E-state index in [2.05, 4.69) is 70.0 Å². The molecular formula is C39H53NO7Si. The fourth-order valence-electron chi connectivity index (χ4n) is 6.50. The number of benzene rings is 3. The highest BCUT2D eigenvalue weighted by Gasteiger charge is 2.63. The van der Waals surface area contributed by atoms with E-state index in [0.29, 0.717) is 19.4 Å². The first-order valence-electron chi connectivity index (χ1n) is 16.8. The molecule has 0 bridgehead atoms. The number of methoxy groups -OCH3 is 2.